The Kier molecular flexibility index (Phi) is 4.25. The van der Waals surface area contributed by atoms with E-state index < -0.39 is 10.0 Å². The Labute approximate surface area is 146 Å². The molecule has 0 saturated heterocycles. The minimum atomic E-state index is -3.66. The maximum absolute atomic E-state index is 12.7. The SMILES string of the molecule is O=S(=O)(NCC1Cc2ccccc2CO1)c1cccc2cccnc12. The molecule has 5 nitrogen and oxygen atoms in total. The van der Waals surface area contributed by atoms with Crippen LogP contribution in [0.1, 0.15) is 11.1 Å². The van der Waals surface area contributed by atoms with Crippen LogP contribution in [0.3, 0.4) is 0 Å². The zero-order valence-corrected chi connectivity index (χ0v) is 14.4. The molecule has 4 rings (SSSR count). The van der Waals surface area contributed by atoms with Gasteiger partial charge >= 0.3 is 0 Å². The van der Waals surface area contributed by atoms with E-state index in [-0.39, 0.29) is 17.5 Å². The number of ether oxygens (including phenoxy) is 1. The third-order valence-electron chi connectivity index (χ3n) is 4.43. The topological polar surface area (TPSA) is 68.3 Å². The Morgan fingerprint density at radius 3 is 2.72 bits per heavy atom. The lowest BCUT2D eigenvalue weighted by Crippen LogP contribution is -2.36. The molecule has 0 aliphatic carbocycles. The summed E-state index contributed by atoms with van der Waals surface area (Å²) in [5, 5.41) is 0.799. The quantitative estimate of drug-likeness (QED) is 0.782. The molecule has 2 aromatic carbocycles. The summed E-state index contributed by atoms with van der Waals surface area (Å²) in [5.74, 6) is 0. The largest absolute Gasteiger partial charge is 0.372 e. The first-order valence-electron chi connectivity index (χ1n) is 8.15. The number of hydrogen-bond acceptors (Lipinski definition) is 4. The highest BCUT2D eigenvalue weighted by molar-refractivity contribution is 7.89. The van der Waals surface area contributed by atoms with Crippen LogP contribution in [-0.2, 0) is 27.8 Å². The molecule has 1 atom stereocenters. The predicted molar refractivity (Wildman–Crippen MR) is 95.7 cm³/mol. The molecule has 0 radical (unpaired) electrons. The molecule has 0 fully saturated rings. The molecule has 1 aliphatic heterocycles. The molecule has 0 spiro atoms. The number of rotatable bonds is 4. The number of nitrogens with zero attached hydrogens (tertiary/aromatic N) is 1. The highest BCUT2D eigenvalue weighted by Crippen LogP contribution is 2.22. The number of aromatic nitrogens is 1. The Morgan fingerprint density at radius 1 is 1.04 bits per heavy atom. The van der Waals surface area contributed by atoms with Crippen molar-refractivity contribution in [1.29, 1.82) is 0 Å². The maximum Gasteiger partial charge on any atom is 0.242 e. The second-order valence-corrected chi connectivity index (χ2v) is 7.82. The fourth-order valence-electron chi connectivity index (χ4n) is 3.11. The summed E-state index contributed by atoms with van der Waals surface area (Å²) in [6.45, 7) is 0.748. The first-order chi connectivity index (χ1) is 12.1. The lowest BCUT2D eigenvalue weighted by atomic mass is 9.99. The van der Waals surface area contributed by atoms with Gasteiger partial charge in [-0.3, -0.25) is 4.98 Å². The molecule has 0 amide bonds. The molecule has 6 heteroatoms. The van der Waals surface area contributed by atoms with Crippen molar-refractivity contribution in [2.24, 2.45) is 0 Å². The van der Waals surface area contributed by atoms with Crippen LogP contribution in [0.5, 0.6) is 0 Å². The van der Waals surface area contributed by atoms with E-state index >= 15 is 0 Å². The van der Waals surface area contributed by atoms with E-state index in [2.05, 4.69) is 15.8 Å². The number of para-hydroxylation sites is 1. The fraction of sp³-hybridized carbons (Fsp3) is 0.211. The van der Waals surface area contributed by atoms with Crippen molar-refractivity contribution in [2.75, 3.05) is 6.54 Å². The van der Waals surface area contributed by atoms with Gasteiger partial charge in [-0.05, 0) is 23.3 Å². The lowest BCUT2D eigenvalue weighted by Gasteiger charge is -2.25. The molecule has 3 aromatic rings. The first kappa shape index (κ1) is 16.2. The Bertz CT molecular complexity index is 1010. The second kappa shape index (κ2) is 6.55. The third-order valence-corrected chi connectivity index (χ3v) is 5.88. The number of benzene rings is 2. The molecule has 0 saturated carbocycles. The molecule has 1 aromatic heterocycles. The highest BCUT2D eigenvalue weighted by Gasteiger charge is 2.23. The molecular weight excluding hydrogens is 336 g/mol. The second-order valence-electron chi connectivity index (χ2n) is 6.09. The van der Waals surface area contributed by atoms with Crippen LogP contribution in [0.25, 0.3) is 10.9 Å². The van der Waals surface area contributed by atoms with Gasteiger partial charge in [0.05, 0.1) is 18.2 Å². The van der Waals surface area contributed by atoms with Crippen molar-refractivity contribution in [3.05, 3.63) is 71.9 Å². The van der Waals surface area contributed by atoms with Crippen molar-refractivity contribution in [1.82, 2.24) is 9.71 Å². The van der Waals surface area contributed by atoms with Crippen LogP contribution in [-0.4, -0.2) is 26.1 Å². The number of fused-ring (bicyclic) bond motifs is 2. The van der Waals surface area contributed by atoms with Crippen LogP contribution < -0.4 is 4.72 Å². The fourth-order valence-corrected chi connectivity index (χ4v) is 4.36. The van der Waals surface area contributed by atoms with E-state index in [1.807, 2.05) is 30.3 Å². The number of pyridine rings is 1. The maximum atomic E-state index is 12.7. The average molecular weight is 354 g/mol. The molecule has 2 heterocycles. The summed E-state index contributed by atoms with van der Waals surface area (Å²) >= 11 is 0. The summed E-state index contributed by atoms with van der Waals surface area (Å²) in [6.07, 6.45) is 2.13. The number of nitrogens with one attached hydrogen (secondary N) is 1. The van der Waals surface area contributed by atoms with Crippen LogP contribution in [0.2, 0.25) is 0 Å². The van der Waals surface area contributed by atoms with Crippen LogP contribution in [0, 0.1) is 0 Å². The van der Waals surface area contributed by atoms with E-state index in [4.69, 9.17) is 4.74 Å². The molecular formula is C19H18N2O3S. The predicted octanol–water partition coefficient (Wildman–Crippen LogP) is 2.65. The molecule has 128 valence electrons. The van der Waals surface area contributed by atoms with E-state index in [9.17, 15) is 8.42 Å². The first-order valence-corrected chi connectivity index (χ1v) is 9.63. The van der Waals surface area contributed by atoms with Gasteiger partial charge in [0.2, 0.25) is 10.0 Å². The smallest absolute Gasteiger partial charge is 0.242 e. The average Bonchev–Trinajstić information content (AvgIpc) is 2.66. The van der Waals surface area contributed by atoms with E-state index in [1.54, 1.807) is 24.4 Å². The van der Waals surface area contributed by atoms with E-state index in [1.165, 1.54) is 11.1 Å². The van der Waals surface area contributed by atoms with Crippen molar-refractivity contribution in [2.45, 2.75) is 24.0 Å². The summed E-state index contributed by atoms with van der Waals surface area (Å²) in [4.78, 5) is 4.42. The lowest BCUT2D eigenvalue weighted by molar-refractivity contribution is 0.0322. The van der Waals surface area contributed by atoms with Crippen LogP contribution in [0.15, 0.2) is 65.7 Å². The summed E-state index contributed by atoms with van der Waals surface area (Å²) in [7, 11) is -3.66. The van der Waals surface area contributed by atoms with Crippen LogP contribution >= 0.6 is 0 Å². The minimum absolute atomic E-state index is 0.174. The molecule has 25 heavy (non-hydrogen) atoms. The van der Waals surface area contributed by atoms with Crippen LogP contribution in [0.4, 0.5) is 0 Å². The standard InChI is InChI=1S/C19H18N2O3S/c22-25(23,18-9-3-7-14-8-4-10-20-19(14)18)21-12-17-11-15-5-1-2-6-16(15)13-24-17/h1-10,17,21H,11-13H2. The summed E-state index contributed by atoms with van der Waals surface area (Å²) < 4.78 is 33.9. The van der Waals surface area contributed by atoms with Crippen molar-refractivity contribution >= 4 is 20.9 Å². The molecule has 1 aliphatic rings. The van der Waals surface area contributed by atoms with Gasteiger partial charge in [-0.25, -0.2) is 13.1 Å². The molecule has 1 N–H and O–H groups in total. The van der Waals surface area contributed by atoms with Gasteiger partial charge in [0.1, 0.15) is 4.90 Å². The van der Waals surface area contributed by atoms with Gasteiger partial charge in [-0.1, -0.05) is 42.5 Å². The van der Waals surface area contributed by atoms with Gasteiger partial charge in [-0.15, -0.1) is 0 Å². The Balaban J connectivity index is 1.53. The van der Waals surface area contributed by atoms with Gasteiger partial charge in [0.15, 0.2) is 0 Å². The van der Waals surface area contributed by atoms with Gasteiger partial charge in [0.25, 0.3) is 0 Å². The van der Waals surface area contributed by atoms with E-state index in [0.717, 1.165) is 5.39 Å². The molecule has 1 unspecified atom stereocenters. The summed E-state index contributed by atoms with van der Waals surface area (Å²) in [5.41, 5.74) is 2.86. The minimum Gasteiger partial charge on any atom is -0.372 e. The monoisotopic (exact) mass is 354 g/mol. The number of sulfonamides is 1. The van der Waals surface area contributed by atoms with Gasteiger partial charge in [-0.2, -0.15) is 0 Å². The van der Waals surface area contributed by atoms with Crippen molar-refractivity contribution in [3.63, 3.8) is 0 Å². The normalized spacial score (nSPS) is 17.4. The zero-order valence-electron chi connectivity index (χ0n) is 13.6. The van der Waals surface area contributed by atoms with Gasteiger partial charge in [0, 0.05) is 24.5 Å². The third kappa shape index (κ3) is 3.28. The summed E-state index contributed by atoms with van der Waals surface area (Å²) in [6, 6.07) is 16.9. The van der Waals surface area contributed by atoms with Crippen molar-refractivity contribution < 1.29 is 13.2 Å². The Morgan fingerprint density at radius 2 is 1.84 bits per heavy atom. The van der Waals surface area contributed by atoms with Gasteiger partial charge < -0.3 is 4.74 Å². The molecule has 0 bridgehead atoms. The zero-order chi connectivity index (χ0) is 17.3. The van der Waals surface area contributed by atoms with Crippen molar-refractivity contribution in [3.8, 4) is 0 Å². The Hall–Kier alpha value is -2.28. The van der Waals surface area contributed by atoms with E-state index in [0.29, 0.717) is 18.5 Å². The number of hydrogen-bond donors (Lipinski definition) is 1. The highest BCUT2D eigenvalue weighted by atomic mass is 32.2.